The smallest absolute Gasteiger partial charge is 0.0970 e. The van der Waals surface area contributed by atoms with Crippen LogP contribution in [0.4, 0.5) is 0 Å². The Labute approximate surface area is 223 Å². The Balaban J connectivity index is 1.30. The summed E-state index contributed by atoms with van der Waals surface area (Å²) in [6.07, 6.45) is 29.9. The normalized spacial score (nSPS) is 30.8. The Kier molecular flexibility index (Phi) is 15.3. The second-order valence-corrected chi connectivity index (χ2v) is 12.1. The molecule has 2 saturated carbocycles. The third kappa shape index (κ3) is 10.2. The van der Waals surface area contributed by atoms with Gasteiger partial charge in [0.2, 0.25) is 0 Å². The van der Waals surface area contributed by atoms with Crippen LogP contribution in [0, 0.1) is 0 Å². The van der Waals surface area contributed by atoms with E-state index >= 15 is 0 Å². The SMILES string of the molecule is CCCCCCCCCCCCCCC1COCCCOC23CCCCC2(CCCC3)OCCCO1. The first-order chi connectivity index (χ1) is 17.8. The van der Waals surface area contributed by atoms with Crippen molar-refractivity contribution in [3.8, 4) is 0 Å². The average Bonchev–Trinajstić information content (AvgIpc) is 2.90. The molecule has 1 aliphatic heterocycles. The molecule has 36 heavy (non-hydrogen) atoms. The second-order valence-electron chi connectivity index (χ2n) is 12.1. The molecule has 0 aromatic rings. The Morgan fingerprint density at radius 1 is 0.528 bits per heavy atom. The van der Waals surface area contributed by atoms with Crippen molar-refractivity contribution in [2.24, 2.45) is 0 Å². The molecule has 1 atom stereocenters. The predicted molar refractivity (Wildman–Crippen MR) is 150 cm³/mol. The van der Waals surface area contributed by atoms with E-state index < -0.39 is 0 Å². The molecule has 1 unspecified atom stereocenters. The van der Waals surface area contributed by atoms with Gasteiger partial charge in [0, 0.05) is 26.4 Å². The number of rotatable bonds is 13. The van der Waals surface area contributed by atoms with Crippen LogP contribution in [0.2, 0.25) is 0 Å². The number of hydrogen-bond donors (Lipinski definition) is 0. The zero-order valence-corrected chi connectivity index (χ0v) is 24.0. The van der Waals surface area contributed by atoms with E-state index in [9.17, 15) is 0 Å². The maximum atomic E-state index is 6.75. The van der Waals surface area contributed by atoms with E-state index in [1.54, 1.807) is 0 Å². The van der Waals surface area contributed by atoms with Gasteiger partial charge in [-0.1, -0.05) is 110 Å². The van der Waals surface area contributed by atoms with Gasteiger partial charge in [-0.15, -0.1) is 0 Å². The lowest BCUT2D eigenvalue weighted by atomic mass is 9.63. The largest absolute Gasteiger partial charge is 0.379 e. The number of ether oxygens (including phenoxy) is 4. The summed E-state index contributed by atoms with van der Waals surface area (Å²) in [4.78, 5) is 0. The highest BCUT2D eigenvalue weighted by atomic mass is 16.6. The van der Waals surface area contributed by atoms with Crippen LogP contribution in [-0.4, -0.2) is 50.3 Å². The minimum absolute atomic E-state index is 0.0500. The van der Waals surface area contributed by atoms with Crippen LogP contribution < -0.4 is 0 Å². The van der Waals surface area contributed by atoms with Gasteiger partial charge in [0.1, 0.15) is 0 Å². The van der Waals surface area contributed by atoms with Crippen molar-refractivity contribution in [3.05, 3.63) is 0 Å². The van der Waals surface area contributed by atoms with E-state index in [0.29, 0.717) is 0 Å². The minimum Gasteiger partial charge on any atom is -0.379 e. The Hall–Kier alpha value is -0.160. The lowest BCUT2D eigenvalue weighted by Crippen LogP contribution is -2.61. The first-order valence-electron chi connectivity index (χ1n) is 16.3. The van der Waals surface area contributed by atoms with Gasteiger partial charge in [0.15, 0.2) is 0 Å². The van der Waals surface area contributed by atoms with Crippen molar-refractivity contribution >= 4 is 0 Å². The lowest BCUT2D eigenvalue weighted by molar-refractivity contribution is -0.248. The van der Waals surface area contributed by atoms with Crippen LogP contribution in [0.25, 0.3) is 0 Å². The summed E-state index contributed by atoms with van der Waals surface area (Å²) in [6, 6.07) is 0. The highest BCUT2D eigenvalue weighted by Crippen LogP contribution is 2.51. The molecule has 0 radical (unpaired) electrons. The highest BCUT2D eigenvalue weighted by Gasteiger charge is 2.55. The molecule has 0 aromatic heterocycles. The van der Waals surface area contributed by atoms with Crippen LogP contribution in [0.3, 0.4) is 0 Å². The van der Waals surface area contributed by atoms with Gasteiger partial charge in [-0.05, 0) is 44.9 Å². The predicted octanol–water partition coefficient (Wildman–Crippen LogP) is 8.93. The molecule has 0 amide bonds. The Morgan fingerprint density at radius 2 is 1.00 bits per heavy atom. The van der Waals surface area contributed by atoms with Crippen molar-refractivity contribution in [1.82, 2.24) is 0 Å². The van der Waals surface area contributed by atoms with Crippen LogP contribution in [-0.2, 0) is 18.9 Å². The summed E-state index contributed by atoms with van der Waals surface area (Å²) < 4.78 is 25.9. The fourth-order valence-electron chi connectivity index (χ4n) is 7.00. The maximum absolute atomic E-state index is 6.75. The molecule has 2 aliphatic carbocycles. The van der Waals surface area contributed by atoms with Crippen molar-refractivity contribution in [3.63, 3.8) is 0 Å². The molecule has 0 aromatic carbocycles. The van der Waals surface area contributed by atoms with Gasteiger partial charge in [-0.25, -0.2) is 0 Å². The maximum Gasteiger partial charge on any atom is 0.0970 e. The molecule has 0 N–H and O–H groups in total. The molecule has 0 bridgehead atoms. The van der Waals surface area contributed by atoms with Crippen LogP contribution in [0.1, 0.15) is 155 Å². The van der Waals surface area contributed by atoms with Gasteiger partial charge < -0.3 is 18.9 Å². The van der Waals surface area contributed by atoms with E-state index in [1.807, 2.05) is 0 Å². The molecular formula is C32H60O4. The van der Waals surface area contributed by atoms with Gasteiger partial charge in [-0.2, -0.15) is 0 Å². The summed E-state index contributed by atoms with van der Waals surface area (Å²) in [7, 11) is 0. The topological polar surface area (TPSA) is 36.9 Å². The molecule has 3 fully saturated rings. The Bertz CT molecular complexity index is 524. The monoisotopic (exact) mass is 508 g/mol. The molecule has 1 saturated heterocycles. The first kappa shape index (κ1) is 30.4. The summed E-state index contributed by atoms with van der Waals surface area (Å²) >= 11 is 0. The molecule has 4 nitrogen and oxygen atoms in total. The van der Waals surface area contributed by atoms with Crippen molar-refractivity contribution < 1.29 is 18.9 Å². The van der Waals surface area contributed by atoms with Crippen molar-refractivity contribution in [2.45, 2.75) is 172 Å². The lowest BCUT2D eigenvalue weighted by Gasteiger charge is -2.55. The van der Waals surface area contributed by atoms with E-state index in [4.69, 9.17) is 18.9 Å². The number of hydrogen-bond acceptors (Lipinski definition) is 4. The first-order valence-corrected chi connectivity index (χ1v) is 16.3. The third-order valence-corrected chi connectivity index (χ3v) is 9.17. The minimum atomic E-state index is -0.0527. The molecule has 3 rings (SSSR count). The van der Waals surface area contributed by atoms with Crippen molar-refractivity contribution in [2.75, 3.05) is 33.0 Å². The summed E-state index contributed by atoms with van der Waals surface area (Å²) in [5, 5.41) is 0. The van der Waals surface area contributed by atoms with Gasteiger partial charge in [0.05, 0.1) is 23.9 Å². The second kappa shape index (κ2) is 18.2. The summed E-state index contributed by atoms with van der Waals surface area (Å²) in [5.74, 6) is 0. The quantitative estimate of drug-likeness (QED) is 0.233. The summed E-state index contributed by atoms with van der Waals surface area (Å²) in [5.41, 5.74) is -0.103. The van der Waals surface area contributed by atoms with E-state index in [1.165, 1.54) is 128 Å². The fraction of sp³-hybridized carbons (Fsp3) is 1.00. The highest BCUT2D eigenvalue weighted by molar-refractivity contribution is 5.07. The summed E-state index contributed by atoms with van der Waals surface area (Å²) in [6.45, 7) is 6.20. The fourth-order valence-corrected chi connectivity index (χ4v) is 7.00. The van der Waals surface area contributed by atoms with Crippen LogP contribution >= 0.6 is 0 Å². The van der Waals surface area contributed by atoms with Gasteiger partial charge in [-0.3, -0.25) is 0 Å². The number of unbranched alkanes of at least 4 members (excludes halogenated alkanes) is 11. The molecule has 1 heterocycles. The molecule has 212 valence electrons. The Morgan fingerprint density at radius 3 is 1.53 bits per heavy atom. The third-order valence-electron chi connectivity index (χ3n) is 9.17. The standard InChI is InChI=1S/C32H60O4/c1-2-3-4-5-6-7-8-9-10-11-12-13-20-30-29-33-25-18-27-35-31-21-14-16-23-32(31,24-17-15-22-31)36-28-19-26-34-30/h30H,2-29H2,1H3. The van der Waals surface area contributed by atoms with Gasteiger partial charge >= 0.3 is 0 Å². The van der Waals surface area contributed by atoms with E-state index in [0.717, 1.165) is 52.3 Å². The van der Waals surface area contributed by atoms with E-state index in [2.05, 4.69) is 6.92 Å². The van der Waals surface area contributed by atoms with Gasteiger partial charge in [0.25, 0.3) is 0 Å². The molecular weight excluding hydrogens is 448 g/mol. The van der Waals surface area contributed by atoms with Crippen LogP contribution in [0.15, 0.2) is 0 Å². The zero-order valence-electron chi connectivity index (χ0n) is 24.0. The van der Waals surface area contributed by atoms with E-state index in [-0.39, 0.29) is 17.3 Å². The van der Waals surface area contributed by atoms with Crippen molar-refractivity contribution in [1.29, 1.82) is 0 Å². The average molecular weight is 509 g/mol. The molecule has 0 spiro atoms. The van der Waals surface area contributed by atoms with Crippen LogP contribution in [0.5, 0.6) is 0 Å². The zero-order chi connectivity index (χ0) is 25.2. The molecule has 4 heteroatoms. The molecule has 3 aliphatic rings.